The fourth-order valence-electron chi connectivity index (χ4n) is 2.26. The van der Waals surface area contributed by atoms with Crippen molar-refractivity contribution in [3.8, 4) is 0 Å². The number of sulfone groups is 1. The van der Waals surface area contributed by atoms with Gasteiger partial charge in [0.1, 0.15) is 5.01 Å². The average molecular weight is 350 g/mol. The Morgan fingerprint density at radius 2 is 1.87 bits per heavy atom. The minimum absolute atomic E-state index is 0.0449. The lowest BCUT2D eigenvalue weighted by Crippen LogP contribution is -2.09. The maximum Gasteiger partial charge on any atom is 0.234 e. The van der Waals surface area contributed by atoms with Gasteiger partial charge in [0.15, 0.2) is 15.7 Å². The molecule has 2 heterocycles. The Hall–Kier alpha value is -1.80. The van der Waals surface area contributed by atoms with Gasteiger partial charge in [-0.3, -0.25) is 0 Å². The van der Waals surface area contributed by atoms with Crippen LogP contribution in [0.25, 0.3) is 4.96 Å². The van der Waals surface area contributed by atoms with E-state index in [4.69, 9.17) is 0 Å². The van der Waals surface area contributed by atoms with E-state index in [0.29, 0.717) is 11.3 Å². The standard InChI is InChI=1S/C15H18N4O2S2/c1-3-4-13-16-17-15-19(13)18-14(22-15)9-10-23(20,21)12-7-5-11(2)6-8-12/h5-8H,3-4,9-10H2,1-2H3. The molecular formula is C15H18N4O2S2. The summed E-state index contributed by atoms with van der Waals surface area (Å²) in [5.41, 5.74) is 1.04. The summed E-state index contributed by atoms with van der Waals surface area (Å²) in [4.78, 5) is 1.08. The number of hydrogen-bond donors (Lipinski definition) is 0. The second-order valence-corrected chi connectivity index (χ2v) is 8.59. The molecule has 0 amide bonds. The quantitative estimate of drug-likeness (QED) is 0.682. The maximum absolute atomic E-state index is 12.4. The lowest BCUT2D eigenvalue weighted by Gasteiger charge is -2.03. The van der Waals surface area contributed by atoms with Crippen LogP contribution in [0.2, 0.25) is 0 Å². The predicted molar refractivity (Wildman–Crippen MR) is 89.6 cm³/mol. The Morgan fingerprint density at radius 3 is 2.57 bits per heavy atom. The predicted octanol–water partition coefficient (Wildman–Crippen LogP) is 2.46. The van der Waals surface area contributed by atoms with E-state index in [0.717, 1.165) is 34.2 Å². The van der Waals surface area contributed by atoms with Crippen LogP contribution in [0.4, 0.5) is 0 Å². The molecule has 1 aromatic carbocycles. The largest absolute Gasteiger partial charge is 0.234 e. The summed E-state index contributed by atoms with van der Waals surface area (Å²) in [6.45, 7) is 4.01. The van der Waals surface area contributed by atoms with Crippen LogP contribution >= 0.6 is 11.3 Å². The smallest absolute Gasteiger partial charge is 0.224 e. The van der Waals surface area contributed by atoms with Gasteiger partial charge in [-0.2, -0.15) is 9.61 Å². The highest BCUT2D eigenvalue weighted by atomic mass is 32.2. The van der Waals surface area contributed by atoms with Crippen LogP contribution in [0.3, 0.4) is 0 Å². The Bertz CT molecular complexity index is 911. The molecule has 0 atom stereocenters. The van der Waals surface area contributed by atoms with Crippen molar-refractivity contribution in [3.63, 3.8) is 0 Å². The third-order valence-corrected chi connectivity index (χ3v) is 6.23. The Labute approximate surface area is 139 Å². The summed E-state index contributed by atoms with van der Waals surface area (Å²) in [6.07, 6.45) is 2.16. The first-order chi connectivity index (χ1) is 11.0. The van der Waals surface area contributed by atoms with Gasteiger partial charge in [-0.15, -0.1) is 10.2 Å². The monoisotopic (exact) mass is 350 g/mol. The lowest BCUT2D eigenvalue weighted by molar-refractivity contribution is 0.595. The molecule has 0 aliphatic carbocycles. The van der Waals surface area contributed by atoms with Gasteiger partial charge in [-0.1, -0.05) is 36.0 Å². The molecule has 6 nitrogen and oxygen atoms in total. The Morgan fingerprint density at radius 1 is 1.13 bits per heavy atom. The number of fused-ring (bicyclic) bond motifs is 1. The van der Waals surface area contributed by atoms with E-state index in [1.807, 2.05) is 19.1 Å². The Kier molecular flexibility index (Phi) is 4.45. The van der Waals surface area contributed by atoms with E-state index in [-0.39, 0.29) is 5.75 Å². The van der Waals surface area contributed by atoms with Gasteiger partial charge in [0.25, 0.3) is 0 Å². The minimum Gasteiger partial charge on any atom is -0.224 e. The zero-order valence-corrected chi connectivity index (χ0v) is 14.7. The average Bonchev–Trinajstić information content (AvgIpc) is 3.08. The molecule has 3 aromatic rings. The van der Waals surface area contributed by atoms with E-state index in [9.17, 15) is 8.42 Å². The molecule has 122 valence electrons. The highest BCUT2D eigenvalue weighted by molar-refractivity contribution is 7.91. The van der Waals surface area contributed by atoms with Crippen LogP contribution in [-0.4, -0.2) is 34.0 Å². The lowest BCUT2D eigenvalue weighted by atomic mass is 10.2. The number of nitrogens with zero attached hydrogens (tertiary/aromatic N) is 4. The fourth-order valence-corrected chi connectivity index (χ4v) is 4.49. The third kappa shape index (κ3) is 3.42. The molecule has 0 bridgehead atoms. The number of hydrogen-bond acceptors (Lipinski definition) is 6. The van der Waals surface area contributed by atoms with Gasteiger partial charge in [0.05, 0.1) is 10.6 Å². The molecule has 8 heteroatoms. The SMILES string of the molecule is CCCc1nnc2sc(CCS(=O)(=O)c3ccc(C)cc3)nn12. The number of rotatable bonds is 6. The molecule has 23 heavy (non-hydrogen) atoms. The highest BCUT2D eigenvalue weighted by Gasteiger charge is 2.17. The van der Waals surface area contributed by atoms with Crippen LogP contribution in [-0.2, 0) is 22.7 Å². The highest BCUT2D eigenvalue weighted by Crippen LogP contribution is 2.18. The first-order valence-corrected chi connectivity index (χ1v) is 9.96. The van der Waals surface area contributed by atoms with Crippen molar-refractivity contribution in [2.24, 2.45) is 0 Å². The molecule has 0 aliphatic rings. The summed E-state index contributed by atoms with van der Waals surface area (Å²) in [7, 11) is -3.29. The van der Waals surface area contributed by atoms with Crippen molar-refractivity contribution in [1.29, 1.82) is 0 Å². The van der Waals surface area contributed by atoms with E-state index in [1.54, 1.807) is 16.6 Å². The molecule has 0 N–H and O–H groups in total. The maximum atomic E-state index is 12.4. The first kappa shape index (κ1) is 16.1. The Balaban J connectivity index is 1.76. The molecule has 0 radical (unpaired) electrons. The van der Waals surface area contributed by atoms with E-state index in [1.165, 1.54) is 11.3 Å². The number of aromatic nitrogens is 4. The van der Waals surface area contributed by atoms with Crippen molar-refractivity contribution in [2.75, 3.05) is 5.75 Å². The third-order valence-electron chi connectivity index (χ3n) is 3.54. The van der Waals surface area contributed by atoms with Gasteiger partial charge < -0.3 is 0 Å². The summed E-state index contributed by atoms with van der Waals surface area (Å²) < 4.78 is 26.5. The van der Waals surface area contributed by atoms with Crippen molar-refractivity contribution < 1.29 is 8.42 Å². The van der Waals surface area contributed by atoms with Gasteiger partial charge in [-0.05, 0) is 25.5 Å². The zero-order valence-electron chi connectivity index (χ0n) is 13.1. The molecule has 0 aliphatic heterocycles. The van der Waals surface area contributed by atoms with E-state index in [2.05, 4.69) is 22.2 Å². The number of benzene rings is 1. The molecule has 2 aromatic heterocycles. The molecule has 3 rings (SSSR count). The van der Waals surface area contributed by atoms with Crippen molar-refractivity contribution in [1.82, 2.24) is 19.8 Å². The van der Waals surface area contributed by atoms with Crippen molar-refractivity contribution >= 4 is 26.1 Å². The summed E-state index contributed by atoms with van der Waals surface area (Å²) in [5.74, 6) is 0.870. The van der Waals surface area contributed by atoms with Gasteiger partial charge in [-0.25, -0.2) is 8.42 Å². The van der Waals surface area contributed by atoms with Gasteiger partial charge in [0, 0.05) is 12.8 Å². The molecule has 0 unspecified atom stereocenters. The zero-order chi connectivity index (χ0) is 16.4. The summed E-state index contributed by atoms with van der Waals surface area (Å²) in [6, 6.07) is 6.94. The molecule has 0 spiro atoms. The molecule has 0 fully saturated rings. The van der Waals surface area contributed by atoms with Crippen LogP contribution < -0.4 is 0 Å². The topological polar surface area (TPSA) is 77.2 Å². The van der Waals surface area contributed by atoms with E-state index < -0.39 is 9.84 Å². The number of aryl methyl sites for hydroxylation is 3. The van der Waals surface area contributed by atoms with Crippen LogP contribution in [0.15, 0.2) is 29.2 Å². The second-order valence-electron chi connectivity index (χ2n) is 5.44. The summed E-state index contributed by atoms with van der Waals surface area (Å²) >= 11 is 1.40. The molecular weight excluding hydrogens is 332 g/mol. The van der Waals surface area contributed by atoms with Gasteiger partial charge >= 0.3 is 0 Å². The molecule has 0 saturated heterocycles. The van der Waals surface area contributed by atoms with Gasteiger partial charge in [0.2, 0.25) is 4.96 Å². The van der Waals surface area contributed by atoms with Crippen molar-refractivity contribution in [3.05, 3.63) is 40.7 Å². The fraction of sp³-hybridized carbons (Fsp3) is 0.400. The summed E-state index contributed by atoms with van der Waals surface area (Å²) in [5, 5.41) is 13.4. The minimum atomic E-state index is -3.29. The second kappa shape index (κ2) is 6.37. The van der Waals surface area contributed by atoms with Crippen LogP contribution in [0, 0.1) is 6.92 Å². The van der Waals surface area contributed by atoms with Crippen LogP contribution in [0.5, 0.6) is 0 Å². The normalized spacial score (nSPS) is 12.1. The van der Waals surface area contributed by atoms with Crippen LogP contribution in [0.1, 0.15) is 29.7 Å². The molecule has 0 saturated carbocycles. The van der Waals surface area contributed by atoms with E-state index >= 15 is 0 Å². The first-order valence-electron chi connectivity index (χ1n) is 7.49. The van der Waals surface area contributed by atoms with Crippen molar-refractivity contribution in [2.45, 2.75) is 38.0 Å².